The molecule has 0 aromatic rings. The van der Waals surface area contributed by atoms with Gasteiger partial charge in [-0.3, -0.25) is 0 Å². The second kappa shape index (κ2) is 4.92. The number of rotatable bonds is 3. The first-order valence-corrected chi connectivity index (χ1v) is 5.52. The van der Waals surface area contributed by atoms with Crippen LogP contribution in [0.2, 0.25) is 0 Å². The van der Waals surface area contributed by atoms with Crippen LogP contribution in [0.1, 0.15) is 39.5 Å². The summed E-state index contributed by atoms with van der Waals surface area (Å²) in [5, 5.41) is 9.98. The molecule has 0 spiro atoms. The van der Waals surface area contributed by atoms with E-state index in [2.05, 4.69) is 11.7 Å². The summed E-state index contributed by atoms with van der Waals surface area (Å²) in [7, 11) is 0. The van der Waals surface area contributed by atoms with Gasteiger partial charge in [0.1, 0.15) is 5.60 Å². The molecule has 1 N–H and O–H groups in total. The van der Waals surface area contributed by atoms with Gasteiger partial charge in [-0.25, -0.2) is 9.18 Å². The summed E-state index contributed by atoms with van der Waals surface area (Å²) >= 11 is 0. The highest BCUT2D eigenvalue weighted by Gasteiger charge is 2.44. The van der Waals surface area contributed by atoms with Crippen LogP contribution in [0.5, 0.6) is 0 Å². The van der Waals surface area contributed by atoms with Crippen LogP contribution < -0.4 is 0 Å². The molecule has 0 saturated heterocycles. The van der Waals surface area contributed by atoms with Crippen LogP contribution in [-0.4, -0.2) is 29.5 Å². The van der Waals surface area contributed by atoms with E-state index in [1.54, 1.807) is 6.92 Å². The maximum absolute atomic E-state index is 13.7. The number of halogens is 1. The van der Waals surface area contributed by atoms with Gasteiger partial charge < -0.3 is 9.84 Å². The van der Waals surface area contributed by atoms with E-state index < -0.39 is 17.7 Å². The molecular formula is C11H19FO3. The Morgan fingerprint density at radius 3 is 2.60 bits per heavy atom. The third-order valence-corrected chi connectivity index (χ3v) is 3.11. The van der Waals surface area contributed by atoms with Gasteiger partial charge in [-0.05, 0) is 38.5 Å². The normalized spacial score (nSPS) is 33.5. The van der Waals surface area contributed by atoms with Crippen molar-refractivity contribution in [3.8, 4) is 0 Å². The molecule has 0 bridgehead atoms. The minimum Gasteiger partial charge on any atom is -0.464 e. The number of esters is 1. The molecule has 15 heavy (non-hydrogen) atoms. The zero-order valence-corrected chi connectivity index (χ0v) is 9.33. The Morgan fingerprint density at radius 1 is 1.60 bits per heavy atom. The lowest BCUT2D eigenvalue weighted by atomic mass is 9.77. The van der Waals surface area contributed by atoms with Crippen molar-refractivity contribution >= 4 is 5.97 Å². The fraction of sp³-hybridized carbons (Fsp3) is 0.909. The van der Waals surface area contributed by atoms with Gasteiger partial charge in [0.25, 0.3) is 0 Å². The maximum Gasteiger partial charge on any atom is 0.343 e. The van der Waals surface area contributed by atoms with E-state index in [4.69, 9.17) is 0 Å². The molecule has 0 aromatic carbocycles. The maximum atomic E-state index is 13.7. The molecule has 0 heterocycles. The highest BCUT2D eigenvalue weighted by molar-refractivity contribution is 5.76. The number of hydrogen-bond donors (Lipinski definition) is 1. The van der Waals surface area contributed by atoms with E-state index in [-0.39, 0.29) is 6.61 Å². The van der Waals surface area contributed by atoms with Crippen molar-refractivity contribution in [2.75, 3.05) is 6.61 Å². The number of carbonyl (C=O) groups is 1. The Hall–Kier alpha value is -0.640. The van der Waals surface area contributed by atoms with Gasteiger partial charge in [-0.2, -0.15) is 0 Å². The van der Waals surface area contributed by atoms with E-state index in [0.717, 1.165) is 12.8 Å². The summed E-state index contributed by atoms with van der Waals surface area (Å²) in [5.41, 5.74) is -1.50. The van der Waals surface area contributed by atoms with Crippen LogP contribution in [0.15, 0.2) is 0 Å². The quantitative estimate of drug-likeness (QED) is 0.735. The second-order valence-electron chi connectivity index (χ2n) is 4.40. The topological polar surface area (TPSA) is 46.5 Å². The first-order chi connectivity index (χ1) is 6.99. The van der Waals surface area contributed by atoms with Gasteiger partial charge in [-0.1, -0.05) is 6.92 Å². The predicted octanol–water partition coefficient (Wildman–Crippen LogP) is 1.83. The van der Waals surface area contributed by atoms with Gasteiger partial charge >= 0.3 is 5.97 Å². The summed E-state index contributed by atoms with van der Waals surface area (Å²) in [5.74, 6) is -0.436. The largest absolute Gasteiger partial charge is 0.464 e. The van der Waals surface area contributed by atoms with Gasteiger partial charge in [0.05, 0.1) is 6.61 Å². The first-order valence-electron chi connectivity index (χ1n) is 5.52. The van der Waals surface area contributed by atoms with Crippen molar-refractivity contribution in [2.24, 2.45) is 5.92 Å². The molecule has 1 aliphatic rings. The zero-order valence-electron chi connectivity index (χ0n) is 9.33. The highest BCUT2D eigenvalue weighted by atomic mass is 19.1. The van der Waals surface area contributed by atoms with Crippen LogP contribution in [-0.2, 0) is 9.53 Å². The number of alkyl halides is 1. The van der Waals surface area contributed by atoms with E-state index in [1.807, 2.05) is 0 Å². The summed E-state index contributed by atoms with van der Waals surface area (Å²) in [6.07, 6.45) is 0.305. The van der Waals surface area contributed by atoms with Gasteiger partial charge in [0.2, 0.25) is 6.17 Å². The molecule has 0 radical (unpaired) electrons. The zero-order chi connectivity index (χ0) is 11.5. The van der Waals surface area contributed by atoms with Gasteiger partial charge in [0, 0.05) is 0 Å². The number of ether oxygens (including phenoxy) is 1. The van der Waals surface area contributed by atoms with Crippen molar-refractivity contribution in [3.05, 3.63) is 0 Å². The lowest BCUT2D eigenvalue weighted by molar-refractivity contribution is -0.164. The lowest BCUT2D eigenvalue weighted by Crippen LogP contribution is -2.47. The Labute approximate surface area is 89.6 Å². The number of hydrogen-bond acceptors (Lipinski definition) is 3. The van der Waals surface area contributed by atoms with Crippen LogP contribution in [0.25, 0.3) is 0 Å². The molecule has 1 rings (SSSR count). The molecule has 1 fully saturated rings. The van der Waals surface area contributed by atoms with Crippen LogP contribution in [0.4, 0.5) is 4.39 Å². The predicted molar refractivity (Wildman–Crippen MR) is 54.1 cm³/mol. The van der Waals surface area contributed by atoms with E-state index in [1.165, 1.54) is 0 Å². The Balaban J connectivity index is 2.57. The van der Waals surface area contributed by atoms with Crippen molar-refractivity contribution in [2.45, 2.75) is 51.3 Å². The Morgan fingerprint density at radius 2 is 2.13 bits per heavy atom. The van der Waals surface area contributed by atoms with Gasteiger partial charge in [0.15, 0.2) is 0 Å². The summed E-state index contributed by atoms with van der Waals surface area (Å²) in [6.45, 7) is 3.83. The fourth-order valence-electron chi connectivity index (χ4n) is 1.95. The molecule has 1 aliphatic carbocycles. The molecule has 3 nitrogen and oxygen atoms in total. The molecular weight excluding hydrogens is 199 g/mol. The molecule has 0 aromatic heterocycles. The van der Waals surface area contributed by atoms with Crippen molar-refractivity contribution in [3.63, 3.8) is 0 Å². The van der Waals surface area contributed by atoms with Crippen LogP contribution in [0, 0.1) is 5.92 Å². The minimum absolute atomic E-state index is 0.145. The molecule has 4 heteroatoms. The SMILES string of the molecule is CCOC(=O)C(F)C1(O)CCC(C)CC1. The van der Waals surface area contributed by atoms with Crippen LogP contribution >= 0.6 is 0 Å². The average molecular weight is 218 g/mol. The minimum atomic E-state index is -1.90. The summed E-state index contributed by atoms with van der Waals surface area (Å²) < 4.78 is 18.2. The second-order valence-corrected chi connectivity index (χ2v) is 4.40. The molecule has 88 valence electrons. The van der Waals surface area contributed by atoms with Gasteiger partial charge in [-0.15, -0.1) is 0 Å². The Kier molecular flexibility index (Phi) is 4.08. The molecule has 1 unspecified atom stereocenters. The highest BCUT2D eigenvalue weighted by Crippen LogP contribution is 2.35. The first kappa shape index (κ1) is 12.4. The monoisotopic (exact) mass is 218 g/mol. The third-order valence-electron chi connectivity index (χ3n) is 3.11. The molecule has 0 aliphatic heterocycles. The molecule has 0 amide bonds. The van der Waals surface area contributed by atoms with Crippen molar-refractivity contribution in [1.82, 2.24) is 0 Å². The van der Waals surface area contributed by atoms with Crippen molar-refractivity contribution in [1.29, 1.82) is 0 Å². The summed E-state index contributed by atoms with van der Waals surface area (Å²) in [6, 6.07) is 0. The smallest absolute Gasteiger partial charge is 0.343 e. The van der Waals surface area contributed by atoms with Crippen LogP contribution in [0.3, 0.4) is 0 Å². The van der Waals surface area contributed by atoms with E-state index in [9.17, 15) is 14.3 Å². The number of carbonyl (C=O) groups excluding carboxylic acids is 1. The molecule has 1 saturated carbocycles. The lowest BCUT2D eigenvalue weighted by Gasteiger charge is -2.36. The molecule has 1 atom stereocenters. The third kappa shape index (κ3) is 2.91. The summed E-state index contributed by atoms with van der Waals surface area (Å²) in [4.78, 5) is 11.2. The standard InChI is InChI=1S/C11H19FO3/c1-3-15-10(13)9(12)11(14)6-4-8(2)5-7-11/h8-9,14H,3-7H2,1-2H3. The van der Waals surface area contributed by atoms with Crippen molar-refractivity contribution < 1.29 is 19.0 Å². The average Bonchev–Trinajstić information content (AvgIpc) is 2.22. The Bertz CT molecular complexity index is 222. The van der Waals surface area contributed by atoms with E-state index in [0.29, 0.717) is 18.8 Å². The fourth-order valence-corrected chi connectivity index (χ4v) is 1.95. The van der Waals surface area contributed by atoms with E-state index >= 15 is 0 Å². The number of aliphatic hydroxyl groups is 1.